The second-order valence-electron chi connectivity index (χ2n) is 10.8. The monoisotopic (exact) mass is 639 g/mol. The highest BCUT2D eigenvalue weighted by Gasteiger charge is 2.34. The summed E-state index contributed by atoms with van der Waals surface area (Å²) in [5.41, 5.74) is 2.69. The molecule has 0 heterocycles. The van der Waals surface area contributed by atoms with Gasteiger partial charge in [-0.1, -0.05) is 95.4 Å². The van der Waals surface area contributed by atoms with Gasteiger partial charge in [0.2, 0.25) is 21.8 Å². The lowest BCUT2D eigenvalue weighted by Crippen LogP contribution is -2.54. The SMILES string of the molecule is Cc1ccc(S(=O)(=O)N(C)CC(=O)N(Cc2cccc(Br)c2)[C@H](Cc2ccccc2)C(=O)NC2CCCCC2)cc1. The Kier molecular flexibility index (Phi) is 10.8. The molecular weight excluding hydrogens is 602 g/mol. The van der Waals surface area contributed by atoms with E-state index in [0.29, 0.717) is 6.42 Å². The summed E-state index contributed by atoms with van der Waals surface area (Å²) in [5.74, 6) is -0.656. The molecule has 1 aliphatic rings. The number of hydrogen-bond acceptors (Lipinski definition) is 4. The van der Waals surface area contributed by atoms with Gasteiger partial charge in [0.1, 0.15) is 6.04 Å². The summed E-state index contributed by atoms with van der Waals surface area (Å²) in [5, 5.41) is 3.21. The van der Waals surface area contributed by atoms with Crippen LogP contribution in [0.5, 0.6) is 0 Å². The summed E-state index contributed by atoms with van der Waals surface area (Å²) >= 11 is 3.50. The molecule has 0 unspecified atom stereocenters. The minimum absolute atomic E-state index is 0.0712. The highest BCUT2D eigenvalue weighted by atomic mass is 79.9. The number of aryl methyl sites for hydroxylation is 1. The molecule has 2 amide bonds. The fourth-order valence-electron chi connectivity index (χ4n) is 5.19. The fourth-order valence-corrected chi connectivity index (χ4v) is 6.75. The molecule has 1 saturated carbocycles. The van der Waals surface area contributed by atoms with Crippen LogP contribution in [0.15, 0.2) is 88.2 Å². The molecule has 3 aromatic rings. The molecule has 0 radical (unpaired) electrons. The first-order chi connectivity index (χ1) is 19.6. The third kappa shape index (κ3) is 8.50. The Bertz CT molecular complexity index is 1420. The molecule has 1 atom stereocenters. The van der Waals surface area contributed by atoms with Crippen LogP contribution in [0.2, 0.25) is 0 Å². The fraction of sp³-hybridized carbons (Fsp3) is 0.375. The van der Waals surface area contributed by atoms with Crippen molar-refractivity contribution in [3.05, 3.63) is 100 Å². The van der Waals surface area contributed by atoms with Crippen molar-refractivity contribution >= 4 is 37.8 Å². The van der Waals surface area contributed by atoms with Crippen LogP contribution < -0.4 is 5.32 Å². The van der Waals surface area contributed by atoms with Crippen molar-refractivity contribution in [2.24, 2.45) is 0 Å². The summed E-state index contributed by atoms with van der Waals surface area (Å²) < 4.78 is 28.6. The average molecular weight is 641 g/mol. The Labute approximate surface area is 252 Å². The number of nitrogens with one attached hydrogen (secondary N) is 1. The van der Waals surface area contributed by atoms with Crippen molar-refractivity contribution in [3.63, 3.8) is 0 Å². The van der Waals surface area contributed by atoms with Gasteiger partial charge in [-0.05, 0) is 55.2 Å². The number of hydrogen-bond donors (Lipinski definition) is 1. The molecule has 3 aromatic carbocycles. The van der Waals surface area contributed by atoms with Crippen LogP contribution in [0, 0.1) is 6.92 Å². The molecule has 7 nitrogen and oxygen atoms in total. The normalized spacial score (nSPS) is 14.9. The largest absolute Gasteiger partial charge is 0.352 e. The molecule has 1 aliphatic carbocycles. The lowest BCUT2D eigenvalue weighted by Gasteiger charge is -2.34. The molecule has 218 valence electrons. The third-order valence-electron chi connectivity index (χ3n) is 7.55. The topological polar surface area (TPSA) is 86.8 Å². The van der Waals surface area contributed by atoms with Gasteiger partial charge < -0.3 is 10.2 Å². The van der Waals surface area contributed by atoms with E-state index in [1.165, 1.54) is 11.9 Å². The first-order valence-corrected chi connectivity index (χ1v) is 16.3. The van der Waals surface area contributed by atoms with E-state index in [0.717, 1.165) is 57.6 Å². The van der Waals surface area contributed by atoms with Crippen LogP contribution in [0.4, 0.5) is 0 Å². The zero-order valence-electron chi connectivity index (χ0n) is 23.6. The van der Waals surface area contributed by atoms with E-state index >= 15 is 0 Å². The Hall–Kier alpha value is -3.01. The number of halogens is 1. The standard InChI is InChI=1S/C32H38BrN3O4S/c1-24-16-18-29(19-17-24)41(39,40)35(2)23-31(37)36(22-26-12-9-13-27(33)20-26)30(21-25-10-5-3-6-11-25)32(38)34-28-14-7-4-8-15-28/h3,5-6,9-13,16-20,28,30H,4,7-8,14-15,21-23H2,1-2H3,(H,34,38)/t30-/m1/s1. The summed E-state index contributed by atoms with van der Waals surface area (Å²) in [6.07, 6.45) is 5.44. The molecule has 0 spiro atoms. The minimum Gasteiger partial charge on any atom is -0.352 e. The molecule has 0 saturated heterocycles. The van der Waals surface area contributed by atoms with E-state index in [2.05, 4.69) is 21.2 Å². The van der Waals surface area contributed by atoms with Gasteiger partial charge in [-0.3, -0.25) is 9.59 Å². The smallest absolute Gasteiger partial charge is 0.243 e. The van der Waals surface area contributed by atoms with Crippen molar-refractivity contribution in [1.29, 1.82) is 0 Å². The van der Waals surface area contributed by atoms with Crippen LogP contribution in [0.25, 0.3) is 0 Å². The summed E-state index contributed by atoms with van der Waals surface area (Å²) in [7, 11) is -2.51. The highest BCUT2D eigenvalue weighted by molar-refractivity contribution is 9.10. The molecule has 1 fully saturated rings. The Morgan fingerprint density at radius 3 is 2.24 bits per heavy atom. The second kappa shape index (κ2) is 14.2. The van der Waals surface area contributed by atoms with Gasteiger partial charge >= 0.3 is 0 Å². The van der Waals surface area contributed by atoms with E-state index in [4.69, 9.17) is 0 Å². The van der Waals surface area contributed by atoms with Gasteiger partial charge in [-0.2, -0.15) is 4.31 Å². The summed E-state index contributed by atoms with van der Waals surface area (Å²) in [6, 6.07) is 23.0. The number of carbonyl (C=O) groups is 2. The third-order valence-corrected chi connectivity index (χ3v) is 9.86. The molecule has 4 rings (SSSR count). The predicted molar refractivity (Wildman–Crippen MR) is 165 cm³/mol. The van der Waals surface area contributed by atoms with Gasteiger partial charge in [0.05, 0.1) is 11.4 Å². The molecule has 1 N–H and O–H groups in total. The van der Waals surface area contributed by atoms with Gasteiger partial charge in [-0.25, -0.2) is 8.42 Å². The first kappa shape index (κ1) is 30.9. The quantitative estimate of drug-likeness (QED) is 0.302. The molecule has 0 aromatic heterocycles. The van der Waals surface area contributed by atoms with Gasteiger partial charge in [-0.15, -0.1) is 0 Å². The number of sulfonamides is 1. The van der Waals surface area contributed by atoms with Crippen molar-refractivity contribution in [2.75, 3.05) is 13.6 Å². The number of nitrogens with zero attached hydrogens (tertiary/aromatic N) is 2. The van der Waals surface area contributed by atoms with Crippen molar-refractivity contribution in [1.82, 2.24) is 14.5 Å². The first-order valence-electron chi connectivity index (χ1n) is 14.0. The number of rotatable bonds is 11. The number of likely N-dealkylation sites (N-methyl/N-ethyl adjacent to an activating group) is 1. The second-order valence-corrected chi connectivity index (χ2v) is 13.7. The van der Waals surface area contributed by atoms with E-state index < -0.39 is 28.5 Å². The van der Waals surface area contributed by atoms with E-state index in [1.807, 2.05) is 61.5 Å². The minimum atomic E-state index is -3.91. The Morgan fingerprint density at radius 2 is 1.59 bits per heavy atom. The van der Waals surface area contributed by atoms with Crippen LogP contribution >= 0.6 is 15.9 Å². The average Bonchev–Trinajstić information content (AvgIpc) is 2.96. The maximum absolute atomic E-state index is 14.0. The van der Waals surface area contributed by atoms with Crippen LogP contribution in [0.1, 0.15) is 48.8 Å². The molecule has 9 heteroatoms. The molecular formula is C32H38BrN3O4S. The van der Waals surface area contributed by atoms with Gasteiger partial charge in [0, 0.05) is 30.5 Å². The highest BCUT2D eigenvalue weighted by Crippen LogP contribution is 2.22. The zero-order valence-corrected chi connectivity index (χ0v) is 26.0. The predicted octanol–water partition coefficient (Wildman–Crippen LogP) is 5.47. The van der Waals surface area contributed by atoms with Crippen LogP contribution in [-0.4, -0.2) is 55.1 Å². The Morgan fingerprint density at radius 1 is 0.927 bits per heavy atom. The van der Waals surface area contributed by atoms with Crippen molar-refractivity contribution < 1.29 is 18.0 Å². The van der Waals surface area contributed by atoms with E-state index in [1.54, 1.807) is 24.3 Å². The van der Waals surface area contributed by atoms with E-state index in [-0.39, 0.29) is 23.4 Å². The van der Waals surface area contributed by atoms with Crippen molar-refractivity contribution in [2.45, 2.75) is 69.0 Å². The maximum Gasteiger partial charge on any atom is 0.243 e. The molecule has 0 bridgehead atoms. The van der Waals surface area contributed by atoms with Crippen LogP contribution in [0.3, 0.4) is 0 Å². The number of benzene rings is 3. The molecule has 41 heavy (non-hydrogen) atoms. The van der Waals surface area contributed by atoms with E-state index in [9.17, 15) is 18.0 Å². The molecule has 0 aliphatic heterocycles. The lowest BCUT2D eigenvalue weighted by molar-refractivity contribution is -0.141. The maximum atomic E-state index is 14.0. The number of carbonyl (C=O) groups excluding carboxylic acids is 2. The van der Waals surface area contributed by atoms with Crippen molar-refractivity contribution in [3.8, 4) is 0 Å². The van der Waals surface area contributed by atoms with Crippen LogP contribution in [-0.2, 0) is 32.6 Å². The lowest BCUT2D eigenvalue weighted by atomic mass is 9.94. The Balaban J connectivity index is 1.66. The van der Waals surface area contributed by atoms with Gasteiger partial charge in [0.25, 0.3) is 0 Å². The summed E-state index contributed by atoms with van der Waals surface area (Å²) in [4.78, 5) is 29.6. The number of amides is 2. The van der Waals surface area contributed by atoms with Gasteiger partial charge in [0.15, 0.2) is 0 Å². The summed E-state index contributed by atoms with van der Waals surface area (Å²) in [6.45, 7) is 1.65. The zero-order chi connectivity index (χ0) is 29.4.